The molecule has 30 heavy (non-hydrogen) atoms. The maximum absolute atomic E-state index is 12.6. The predicted molar refractivity (Wildman–Crippen MR) is 119 cm³/mol. The van der Waals surface area contributed by atoms with Gasteiger partial charge in [-0.3, -0.25) is 9.59 Å². The Bertz CT molecular complexity index is 1060. The molecule has 0 aliphatic carbocycles. The first-order valence-corrected chi connectivity index (χ1v) is 10.2. The number of hydrogen-bond donors (Lipinski definition) is 2. The van der Waals surface area contributed by atoms with Gasteiger partial charge in [0.05, 0.1) is 24.3 Å². The van der Waals surface area contributed by atoms with Gasteiger partial charge < -0.3 is 10.6 Å². The van der Waals surface area contributed by atoms with E-state index in [1.54, 1.807) is 11.6 Å². The lowest BCUT2D eigenvalue weighted by molar-refractivity contribution is -0.115. The number of carbonyl (C=O) groups is 2. The molecule has 0 saturated heterocycles. The second-order valence-corrected chi connectivity index (χ2v) is 7.49. The number of aryl methyl sites for hydroxylation is 3. The second-order valence-electron chi connectivity index (χ2n) is 7.14. The molecule has 2 amide bonds. The van der Waals surface area contributed by atoms with E-state index in [1.807, 2.05) is 62.4 Å². The summed E-state index contributed by atoms with van der Waals surface area (Å²) in [6.45, 7) is 6.07. The second kappa shape index (κ2) is 9.59. The zero-order valence-corrected chi connectivity index (χ0v) is 18.1. The molecule has 7 heteroatoms. The first-order chi connectivity index (χ1) is 14.4. The van der Waals surface area contributed by atoms with Crippen molar-refractivity contribution >= 4 is 29.1 Å². The normalized spacial score (nSPS) is 10.7. The first kappa shape index (κ1) is 21.6. The molecule has 0 saturated carbocycles. The van der Waals surface area contributed by atoms with Crippen molar-refractivity contribution in [3.05, 3.63) is 81.6 Å². The first-order valence-electron chi connectivity index (χ1n) is 9.83. The monoisotopic (exact) mass is 424 g/mol. The van der Waals surface area contributed by atoms with Gasteiger partial charge in [-0.2, -0.15) is 5.10 Å². The van der Waals surface area contributed by atoms with Gasteiger partial charge in [0.15, 0.2) is 0 Å². The Morgan fingerprint density at radius 2 is 1.77 bits per heavy atom. The summed E-state index contributed by atoms with van der Waals surface area (Å²) >= 11 is 6.43. The molecule has 0 unspecified atom stereocenters. The number of amides is 2. The number of anilines is 1. The maximum atomic E-state index is 12.6. The maximum Gasteiger partial charge on any atom is 0.256 e. The molecule has 0 aliphatic heterocycles. The summed E-state index contributed by atoms with van der Waals surface area (Å²) in [6, 6.07) is 15.6. The Morgan fingerprint density at radius 3 is 2.47 bits per heavy atom. The number of carbonyl (C=O) groups excluding carboxylic acids is 2. The molecule has 156 valence electrons. The van der Waals surface area contributed by atoms with Gasteiger partial charge >= 0.3 is 0 Å². The lowest BCUT2D eigenvalue weighted by Gasteiger charge is -2.10. The molecule has 0 aliphatic rings. The molecule has 2 N–H and O–H groups in total. The van der Waals surface area contributed by atoms with E-state index in [0.717, 1.165) is 23.2 Å². The number of aromatic nitrogens is 2. The fourth-order valence-electron chi connectivity index (χ4n) is 3.18. The molecule has 3 rings (SSSR count). The van der Waals surface area contributed by atoms with E-state index in [1.165, 1.54) is 5.56 Å². The summed E-state index contributed by atoms with van der Waals surface area (Å²) in [5.74, 6) is -0.725. The van der Waals surface area contributed by atoms with Crippen LogP contribution in [0.15, 0.2) is 48.5 Å². The quantitative estimate of drug-likeness (QED) is 0.598. The molecule has 2 aromatic carbocycles. The molecule has 0 radical (unpaired) electrons. The van der Waals surface area contributed by atoms with Gasteiger partial charge in [-0.05, 0) is 37.5 Å². The molecular formula is C23H25ClN4O2. The van der Waals surface area contributed by atoms with Gasteiger partial charge in [-0.15, -0.1) is 0 Å². The minimum atomic E-state index is -0.424. The molecule has 1 heterocycles. The highest BCUT2D eigenvalue weighted by atomic mass is 35.5. The number of nitrogens with one attached hydrogen (secondary N) is 2. The SMILES string of the molecule is CCc1ccccc1NC(=O)CNC(=O)c1c(C)nn(Cc2ccc(C)cc2)c1Cl. The van der Waals surface area contributed by atoms with Crippen molar-refractivity contribution in [2.75, 3.05) is 11.9 Å². The minimum absolute atomic E-state index is 0.157. The summed E-state index contributed by atoms with van der Waals surface area (Å²) in [5.41, 5.74) is 4.78. The number of hydrogen-bond acceptors (Lipinski definition) is 3. The summed E-state index contributed by atoms with van der Waals surface area (Å²) in [6.07, 6.45) is 0.803. The number of para-hydroxylation sites is 1. The zero-order valence-electron chi connectivity index (χ0n) is 17.3. The van der Waals surface area contributed by atoms with Gasteiger partial charge in [-0.1, -0.05) is 66.6 Å². The Morgan fingerprint density at radius 1 is 1.07 bits per heavy atom. The Kier molecular flexibility index (Phi) is 6.90. The highest BCUT2D eigenvalue weighted by Gasteiger charge is 2.21. The van der Waals surface area contributed by atoms with Crippen LogP contribution in [0.2, 0.25) is 5.15 Å². The van der Waals surface area contributed by atoms with Gasteiger partial charge in [-0.25, -0.2) is 4.68 Å². The Labute approximate surface area is 181 Å². The van der Waals surface area contributed by atoms with Crippen LogP contribution in [-0.2, 0) is 17.8 Å². The Hall–Kier alpha value is -3.12. The smallest absolute Gasteiger partial charge is 0.256 e. The topological polar surface area (TPSA) is 76.0 Å². The highest BCUT2D eigenvalue weighted by molar-refractivity contribution is 6.33. The van der Waals surface area contributed by atoms with Crippen LogP contribution in [0.25, 0.3) is 0 Å². The fraction of sp³-hybridized carbons (Fsp3) is 0.261. The van der Waals surface area contributed by atoms with Gasteiger partial charge in [0.25, 0.3) is 5.91 Å². The van der Waals surface area contributed by atoms with Crippen molar-refractivity contribution in [2.45, 2.75) is 33.7 Å². The van der Waals surface area contributed by atoms with Crippen LogP contribution < -0.4 is 10.6 Å². The summed E-state index contributed by atoms with van der Waals surface area (Å²) in [4.78, 5) is 24.9. The van der Waals surface area contributed by atoms with Gasteiger partial charge in [0.1, 0.15) is 5.15 Å². The molecule has 1 aromatic heterocycles. The third kappa shape index (κ3) is 5.07. The zero-order chi connectivity index (χ0) is 21.7. The average molecular weight is 425 g/mol. The van der Waals surface area contributed by atoms with E-state index in [0.29, 0.717) is 12.2 Å². The molecule has 0 bridgehead atoms. The van der Waals surface area contributed by atoms with Gasteiger partial charge in [0.2, 0.25) is 5.91 Å². The highest BCUT2D eigenvalue weighted by Crippen LogP contribution is 2.21. The van der Waals surface area contributed by atoms with Crippen LogP contribution in [0.5, 0.6) is 0 Å². The average Bonchev–Trinajstić information content (AvgIpc) is 3.01. The predicted octanol–water partition coefficient (Wildman–Crippen LogP) is 4.13. The van der Waals surface area contributed by atoms with E-state index < -0.39 is 5.91 Å². The summed E-state index contributed by atoms with van der Waals surface area (Å²) in [5, 5.41) is 10.1. The van der Waals surface area contributed by atoms with Gasteiger partial charge in [0, 0.05) is 5.69 Å². The van der Waals surface area contributed by atoms with Crippen LogP contribution in [0.3, 0.4) is 0 Å². The largest absolute Gasteiger partial charge is 0.343 e. The standard InChI is InChI=1S/C23H25ClN4O2/c1-4-18-7-5-6-8-19(18)26-20(29)13-25-23(30)21-16(3)27-28(22(21)24)14-17-11-9-15(2)10-12-17/h5-12H,4,13-14H2,1-3H3,(H,25,30)(H,26,29). The third-order valence-corrected chi connectivity index (χ3v) is 5.21. The van der Waals surface area contributed by atoms with E-state index in [4.69, 9.17) is 11.6 Å². The fourth-order valence-corrected chi connectivity index (χ4v) is 3.50. The number of halogens is 1. The molecule has 3 aromatic rings. The van der Waals surface area contributed by atoms with Crippen LogP contribution in [0.1, 0.15) is 39.7 Å². The summed E-state index contributed by atoms with van der Waals surface area (Å²) < 4.78 is 1.59. The van der Waals surface area contributed by atoms with Crippen LogP contribution in [0, 0.1) is 13.8 Å². The van der Waals surface area contributed by atoms with Crippen molar-refractivity contribution in [2.24, 2.45) is 0 Å². The molecule has 6 nitrogen and oxygen atoms in total. The Balaban J connectivity index is 1.64. The summed E-state index contributed by atoms with van der Waals surface area (Å²) in [7, 11) is 0. The van der Waals surface area contributed by atoms with Crippen molar-refractivity contribution < 1.29 is 9.59 Å². The van der Waals surface area contributed by atoms with Crippen LogP contribution in [0.4, 0.5) is 5.69 Å². The molecular weight excluding hydrogens is 400 g/mol. The van der Waals surface area contributed by atoms with Crippen molar-refractivity contribution in [1.29, 1.82) is 0 Å². The van der Waals surface area contributed by atoms with Crippen molar-refractivity contribution in [1.82, 2.24) is 15.1 Å². The number of nitrogens with zero attached hydrogens (tertiary/aromatic N) is 2. The van der Waals surface area contributed by atoms with Crippen LogP contribution in [-0.4, -0.2) is 28.1 Å². The number of benzene rings is 2. The van der Waals surface area contributed by atoms with E-state index in [9.17, 15) is 9.59 Å². The van der Waals surface area contributed by atoms with E-state index in [2.05, 4.69) is 15.7 Å². The van der Waals surface area contributed by atoms with E-state index in [-0.39, 0.29) is 23.2 Å². The lowest BCUT2D eigenvalue weighted by atomic mass is 10.1. The van der Waals surface area contributed by atoms with Crippen molar-refractivity contribution in [3.63, 3.8) is 0 Å². The molecule has 0 atom stereocenters. The molecule has 0 fully saturated rings. The van der Waals surface area contributed by atoms with E-state index >= 15 is 0 Å². The molecule has 0 spiro atoms. The number of rotatable bonds is 7. The van der Waals surface area contributed by atoms with Crippen molar-refractivity contribution in [3.8, 4) is 0 Å². The minimum Gasteiger partial charge on any atom is -0.343 e. The van der Waals surface area contributed by atoms with Crippen LogP contribution >= 0.6 is 11.6 Å². The lowest BCUT2D eigenvalue weighted by Crippen LogP contribution is -2.33. The third-order valence-electron chi connectivity index (χ3n) is 4.83.